The molecule has 5 heteroatoms. The third-order valence-corrected chi connectivity index (χ3v) is 4.63. The number of rotatable bonds is 6. The van der Waals surface area contributed by atoms with Crippen LogP contribution >= 0.6 is 11.6 Å². The van der Waals surface area contributed by atoms with Crippen LogP contribution in [0.15, 0.2) is 60.7 Å². The average molecular weight is 396 g/mol. The zero-order valence-electron chi connectivity index (χ0n) is 16.1. The Morgan fingerprint density at radius 1 is 1.00 bits per heavy atom. The van der Waals surface area contributed by atoms with Crippen LogP contribution in [0.5, 0.6) is 11.5 Å². The second-order valence-electron chi connectivity index (χ2n) is 6.54. The largest absolute Gasteiger partial charge is 0.496 e. The summed E-state index contributed by atoms with van der Waals surface area (Å²) in [6.45, 7) is 4.22. The first kappa shape index (κ1) is 19.8. The third-order valence-electron chi connectivity index (χ3n) is 4.39. The molecule has 0 saturated carbocycles. The van der Waals surface area contributed by atoms with E-state index in [0.717, 1.165) is 22.6 Å². The number of hydrogen-bond acceptors (Lipinski definition) is 3. The fraction of sp³-hybridized carbons (Fsp3) is 0.174. The van der Waals surface area contributed by atoms with Crippen LogP contribution in [0.4, 0.5) is 5.69 Å². The lowest BCUT2D eigenvalue weighted by atomic mass is 10.1. The minimum Gasteiger partial charge on any atom is -0.496 e. The van der Waals surface area contributed by atoms with E-state index >= 15 is 0 Å². The molecule has 3 rings (SSSR count). The normalized spacial score (nSPS) is 10.4. The van der Waals surface area contributed by atoms with Crippen molar-refractivity contribution in [1.29, 1.82) is 0 Å². The van der Waals surface area contributed by atoms with E-state index in [0.29, 0.717) is 22.9 Å². The summed E-state index contributed by atoms with van der Waals surface area (Å²) in [7, 11) is 1.60. The van der Waals surface area contributed by atoms with Crippen molar-refractivity contribution >= 4 is 23.2 Å². The number of halogens is 1. The summed E-state index contributed by atoms with van der Waals surface area (Å²) in [5.41, 5.74) is 4.11. The van der Waals surface area contributed by atoms with Gasteiger partial charge in [-0.25, -0.2) is 0 Å². The molecule has 4 nitrogen and oxygen atoms in total. The molecule has 144 valence electrons. The maximum absolute atomic E-state index is 12.7. The van der Waals surface area contributed by atoms with Crippen molar-refractivity contribution < 1.29 is 14.3 Å². The molecule has 1 amide bonds. The van der Waals surface area contributed by atoms with Crippen LogP contribution < -0.4 is 14.8 Å². The van der Waals surface area contributed by atoms with Crippen LogP contribution in [-0.2, 0) is 6.61 Å². The molecule has 0 aliphatic rings. The van der Waals surface area contributed by atoms with E-state index in [-0.39, 0.29) is 5.91 Å². The van der Waals surface area contributed by atoms with Crippen molar-refractivity contribution in [2.24, 2.45) is 0 Å². The molecule has 0 aromatic heterocycles. The van der Waals surface area contributed by atoms with Crippen molar-refractivity contribution in [2.75, 3.05) is 12.4 Å². The van der Waals surface area contributed by atoms with Crippen molar-refractivity contribution in [3.8, 4) is 11.5 Å². The van der Waals surface area contributed by atoms with Gasteiger partial charge in [-0.2, -0.15) is 0 Å². The van der Waals surface area contributed by atoms with Gasteiger partial charge in [0.15, 0.2) is 0 Å². The highest BCUT2D eigenvalue weighted by Gasteiger charge is 2.12. The second-order valence-corrected chi connectivity index (χ2v) is 6.98. The summed E-state index contributed by atoms with van der Waals surface area (Å²) in [5, 5.41) is 3.55. The van der Waals surface area contributed by atoms with E-state index < -0.39 is 0 Å². The molecule has 0 spiro atoms. The van der Waals surface area contributed by atoms with Crippen LogP contribution in [-0.4, -0.2) is 13.0 Å². The summed E-state index contributed by atoms with van der Waals surface area (Å²) in [4.78, 5) is 12.7. The topological polar surface area (TPSA) is 47.6 Å². The quantitative estimate of drug-likeness (QED) is 0.574. The van der Waals surface area contributed by atoms with Gasteiger partial charge < -0.3 is 14.8 Å². The van der Waals surface area contributed by atoms with Gasteiger partial charge in [0.1, 0.15) is 18.1 Å². The number of ether oxygens (including phenoxy) is 2. The van der Waals surface area contributed by atoms with Gasteiger partial charge in [0.25, 0.3) is 5.91 Å². The van der Waals surface area contributed by atoms with Gasteiger partial charge in [-0.1, -0.05) is 29.3 Å². The lowest BCUT2D eigenvalue weighted by molar-refractivity contribution is 0.102. The zero-order chi connectivity index (χ0) is 20.1. The summed E-state index contributed by atoms with van der Waals surface area (Å²) >= 11 is 5.98. The zero-order valence-corrected chi connectivity index (χ0v) is 16.8. The molecule has 0 fully saturated rings. The Morgan fingerprint density at radius 3 is 2.43 bits per heavy atom. The number of amides is 1. The third kappa shape index (κ3) is 4.84. The Kier molecular flexibility index (Phi) is 6.22. The van der Waals surface area contributed by atoms with Crippen LogP contribution in [0.3, 0.4) is 0 Å². The van der Waals surface area contributed by atoms with Crippen LogP contribution in [0, 0.1) is 13.8 Å². The average Bonchev–Trinajstić information content (AvgIpc) is 2.69. The van der Waals surface area contributed by atoms with Gasteiger partial charge in [0, 0.05) is 21.8 Å². The van der Waals surface area contributed by atoms with Crippen LogP contribution in [0.25, 0.3) is 0 Å². The van der Waals surface area contributed by atoms with Gasteiger partial charge >= 0.3 is 0 Å². The number of carbonyl (C=O) groups excluding carboxylic acids is 1. The Morgan fingerprint density at radius 2 is 1.75 bits per heavy atom. The molecular weight excluding hydrogens is 374 g/mol. The molecule has 0 aliphatic heterocycles. The van der Waals surface area contributed by atoms with E-state index in [2.05, 4.69) is 5.32 Å². The fourth-order valence-electron chi connectivity index (χ4n) is 2.79. The molecular formula is C23H22ClNO3. The number of methoxy groups -OCH3 is 1. The predicted molar refractivity (Wildman–Crippen MR) is 113 cm³/mol. The predicted octanol–water partition coefficient (Wildman–Crippen LogP) is 5.80. The van der Waals surface area contributed by atoms with Crippen molar-refractivity contribution in [3.05, 3.63) is 87.9 Å². The molecule has 1 N–H and O–H groups in total. The van der Waals surface area contributed by atoms with Crippen LogP contribution in [0.2, 0.25) is 5.02 Å². The molecule has 0 atom stereocenters. The number of aryl methyl sites for hydroxylation is 2. The highest BCUT2D eigenvalue weighted by molar-refractivity contribution is 6.30. The smallest absolute Gasteiger partial charge is 0.255 e. The van der Waals surface area contributed by atoms with Gasteiger partial charge in [-0.05, 0) is 67.9 Å². The second kappa shape index (κ2) is 8.81. The van der Waals surface area contributed by atoms with E-state index in [1.807, 2.05) is 44.2 Å². The Hall–Kier alpha value is -2.98. The van der Waals surface area contributed by atoms with Gasteiger partial charge in [-0.15, -0.1) is 0 Å². The summed E-state index contributed by atoms with van der Waals surface area (Å²) in [6, 6.07) is 18.5. The van der Waals surface area contributed by atoms with Crippen molar-refractivity contribution in [3.63, 3.8) is 0 Å². The highest BCUT2D eigenvalue weighted by Crippen LogP contribution is 2.24. The SMILES string of the molecule is COc1ccc(C(=O)Nc2ccc(Cl)cc2C)cc1COc1ccc(C)cc1. The maximum atomic E-state index is 12.7. The number of hydrogen-bond donors (Lipinski definition) is 1. The molecule has 3 aromatic rings. The Labute approximate surface area is 170 Å². The molecule has 0 saturated heterocycles. The monoisotopic (exact) mass is 395 g/mol. The number of benzene rings is 3. The number of nitrogens with one attached hydrogen (secondary N) is 1. The minimum absolute atomic E-state index is 0.204. The molecule has 0 radical (unpaired) electrons. The molecule has 0 unspecified atom stereocenters. The van der Waals surface area contributed by atoms with Crippen LogP contribution in [0.1, 0.15) is 27.0 Å². The fourth-order valence-corrected chi connectivity index (χ4v) is 3.02. The maximum Gasteiger partial charge on any atom is 0.255 e. The van der Waals surface area contributed by atoms with E-state index in [9.17, 15) is 4.79 Å². The van der Waals surface area contributed by atoms with E-state index in [1.54, 1.807) is 37.4 Å². The first-order valence-corrected chi connectivity index (χ1v) is 9.28. The molecule has 0 bridgehead atoms. The van der Waals surface area contributed by atoms with Crippen molar-refractivity contribution in [2.45, 2.75) is 20.5 Å². The van der Waals surface area contributed by atoms with Crippen molar-refractivity contribution in [1.82, 2.24) is 0 Å². The summed E-state index contributed by atoms with van der Waals surface area (Å²) in [6.07, 6.45) is 0. The number of anilines is 1. The highest BCUT2D eigenvalue weighted by atomic mass is 35.5. The van der Waals surface area contributed by atoms with Gasteiger partial charge in [0.2, 0.25) is 0 Å². The number of carbonyl (C=O) groups is 1. The first-order valence-electron chi connectivity index (χ1n) is 8.90. The lowest BCUT2D eigenvalue weighted by Crippen LogP contribution is -2.13. The molecule has 3 aromatic carbocycles. The lowest BCUT2D eigenvalue weighted by Gasteiger charge is -2.13. The first-order chi connectivity index (χ1) is 13.5. The Bertz CT molecular complexity index is 984. The molecule has 28 heavy (non-hydrogen) atoms. The standard InChI is InChI=1S/C23H22ClNO3/c1-15-4-8-20(9-5-15)28-14-18-13-17(6-11-22(18)27-3)23(26)25-21-10-7-19(24)12-16(21)2/h4-13H,14H2,1-3H3,(H,25,26). The molecule has 0 heterocycles. The van der Waals surface area contributed by atoms with Gasteiger partial charge in [-0.3, -0.25) is 4.79 Å². The van der Waals surface area contributed by atoms with E-state index in [1.165, 1.54) is 5.56 Å². The van der Waals surface area contributed by atoms with E-state index in [4.69, 9.17) is 21.1 Å². The molecule has 0 aliphatic carbocycles. The summed E-state index contributed by atoms with van der Waals surface area (Å²) < 4.78 is 11.3. The summed E-state index contributed by atoms with van der Waals surface area (Å²) in [5.74, 6) is 1.23. The van der Waals surface area contributed by atoms with Gasteiger partial charge in [0.05, 0.1) is 7.11 Å². The minimum atomic E-state index is -0.204. The Balaban J connectivity index is 1.77.